The zero-order valence-corrected chi connectivity index (χ0v) is 13.8. The number of ether oxygens (including phenoxy) is 1. The quantitative estimate of drug-likeness (QED) is 0.640. The molecule has 2 N–H and O–H groups in total. The third-order valence-corrected chi connectivity index (χ3v) is 5.91. The highest BCUT2D eigenvalue weighted by Crippen LogP contribution is 2.25. The fourth-order valence-corrected chi connectivity index (χ4v) is 4.09. The van der Waals surface area contributed by atoms with E-state index >= 15 is 0 Å². The van der Waals surface area contributed by atoms with Crippen LogP contribution in [0.3, 0.4) is 0 Å². The molecular formula is C13H21NO5S2. The maximum absolute atomic E-state index is 12.0. The lowest BCUT2D eigenvalue weighted by Crippen LogP contribution is -2.24. The van der Waals surface area contributed by atoms with E-state index in [0.717, 1.165) is 24.2 Å². The lowest BCUT2D eigenvalue weighted by molar-refractivity contribution is 0.0701. The van der Waals surface area contributed by atoms with Crippen LogP contribution in [-0.4, -0.2) is 39.3 Å². The summed E-state index contributed by atoms with van der Waals surface area (Å²) in [6.45, 7) is 5.13. The molecule has 1 aromatic heterocycles. The third kappa shape index (κ3) is 5.74. The molecule has 1 aromatic rings. The Morgan fingerprint density at radius 3 is 2.62 bits per heavy atom. The van der Waals surface area contributed by atoms with Gasteiger partial charge < -0.3 is 9.84 Å². The van der Waals surface area contributed by atoms with E-state index in [2.05, 4.69) is 11.6 Å². The fraction of sp³-hybridized carbons (Fsp3) is 0.615. The molecule has 0 aliphatic rings. The second kappa shape index (κ2) is 8.47. The van der Waals surface area contributed by atoms with Gasteiger partial charge in [0.05, 0.1) is 0 Å². The Balaban J connectivity index is 2.47. The smallest absolute Gasteiger partial charge is 0.346 e. The molecule has 1 rings (SSSR count). The molecule has 0 aliphatic heterocycles. The highest BCUT2D eigenvalue weighted by molar-refractivity contribution is 7.91. The summed E-state index contributed by atoms with van der Waals surface area (Å²) in [6, 6.07) is 1.38. The van der Waals surface area contributed by atoms with Crippen molar-refractivity contribution in [2.24, 2.45) is 0 Å². The lowest BCUT2D eigenvalue weighted by atomic mass is 10.3. The van der Waals surface area contributed by atoms with Gasteiger partial charge in [-0.05, 0) is 31.4 Å². The molecule has 0 aliphatic carbocycles. The molecule has 0 aromatic carbocycles. The number of thiophene rings is 1. The van der Waals surface area contributed by atoms with Gasteiger partial charge in [0.1, 0.15) is 9.09 Å². The Bertz CT molecular complexity index is 565. The standard InChI is InChI=1S/C13H21NO5S2/c1-3-4-7-19-8-5-6-14-21(17,18)11-9-10(2)12(20-11)13(15)16/h9,14H,3-8H2,1-2H3,(H,15,16). The topological polar surface area (TPSA) is 92.7 Å². The van der Waals surface area contributed by atoms with Gasteiger partial charge in [0, 0.05) is 19.8 Å². The number of hydrogen-bond acceptors (Lipinski definition) is 5. The van der Waals surface area contributed by atoms with E-state index in [1.54, 1.807) is 6.92 Å². The van der Waals surface area contributed by atoms with Crippen LogP contribution < -0.4 is 4.72 Å². The van der Waals surface area contributed by atoms with Crippen molar-refractivity contribution in [1.29, 1.82) is 0 Å². The van der Waals surface area contributed by atoms with Crippen molar-refractivity contribution in [2.75, 3.05) is 19.8 Å². The monoisotopic (exact) mass is 335 g/mol. The highest BCUT2D eigenvalue weighted by atomic mass is 32.2. The van der Waals surface area contributed by atoms with Crippen LogP contribution in [-0.2, 0) is 14.8 Å². The summed E-state index contributed by atoms with van der Waals surface area (Å²) >= 11 is 0.768. The molecule has 6 nitrogen and oxygen atoms in total. The normalized spacial score (nSPS) is 11.7. The van der Waals surface area contributed by atoms with Crippen LogP contribution in [0.15, 0.2) is 10.3 Å². The van der Waals surface area contributed by atoms with Gasteiger partial charge in [-0.25, -0.2) is 17.9 Å². The van der Waals surface area contributed by atoms with E-state index in [9.17, 15) is 13.2 Å². The summed E-state index contributed by atoms with van der Waals surface area (Å²) in [5.74, 6) is -1.11. The second-order valence-electron chi connectivity index (χ2n) is 4.60. The molecule has 0 radical (unpaired) electrons. The number of carbonyl (C=O) groups is 1. The van der Waals surface area contributed by atoms with Crippen molar-refractivity contribution in [3.8, 4) is 0 Å². The van der Waals surface area contributed by atoms with Gasteiger partial charge in [0.15, 0.2) is 0 Å². The van der Waals surface area contributed by atoms with Crippen LogP contribution >= 0.6 is 11.3 Å². The van der Waals surface area contributed by atoms with Crippen LogP contribution in [0.25, 0.3) is 0 Å². The first-order valence-corrected chi connectivity index (χ1v) is 9.09. The first kappa shape index (κ1) is 18.1. The predicted octanol–water partition coefficient (Wildman–Crippen LogP) is 2.24. The molecule has 0 unspecified atom stereocenters. The molecule has 0 bridgehead atoms. The Morgan fingerprint density at radius 1 is 1.38 bits per heavy atom. The molecule has 0 fully saturated rings. The van der Waals surface area contributed by atoms with E-state index in [-0.39, 0.29) is 15.6 Å². The minimum Gasteiger partial charge on any atom is -0.477 e. The van der Waals surface area contributed by atoms with Gasteiger partial charge in [-0.3, -0.25) is 0 Å². The lowest BCUT2D eigenvalue weighted by Gasteiger charge is -2.05. The maximum Gasteiger partial charge on any atom is 0.346 e. The van der Waals surface area contributed by atoms with Crippen LogP contribution in [0.4, 0.5) is 0 Å². The zero-order chi connectivity index (χ0) is 15.9. The van der Waals surface area contributed by atoms with Gasteiger partial charge >= 0.3 is 5.97 Å². The number of nitrogens with one attached hydrogen (secondary N) is 1. The third-order valence-electron chi connectivity index (χ3n) is 2.75. The molecule has 0 saturated carbocycles. The van der Waals surface area contributed by atoms with E-state index in [1.807, 2.05) is 0 Å². The Hall–Kier alpha value is -0.960. The van der Waals surface area contributed by atoms with E-state index in [0.29, 0.717) is 25.2 Å². The van der Waals surface area contributed by atoms with Gasteiger partial charge in [0.2, 0.25) is 10.0 Å². The molecular weight excluding hydrogens is 314 g/mol. The molecule has 0 amide bonds. The molecule has 8 heteroatoms. The Labute approximate surface area is 129 Å². The molecule has 1 heterocycles. The van der Waals surface area contributed by atoms with Gasteiger partial charge in [-0.15, -0.1) is 11.3 Å². The average Bonchev–Trinajstić information content (AvgIpc) is 2.81. The van der Waals surface area contributed by atoms with Crippen LogP contribution in [0, 0.1) is 6.92 Å². The molecule has 120 valence electrons. The number of rotatable bonds is 10. The number of carboxylic acid groups (broad SMARTS) is 1. The van der Waals surface area contributed by atoms with Gasteiger partial charge in [-0.1, -0.05) is 13.3 Å². The van der Waals surface area contributed by atoms with Crippen molar-refractivity contribution < 1.29 is 23.1 Å². The van der Waals surface area contributed by atoms with E-state index in [1.165, 1.54) is 6.07 Å². The van der Waals surface area contributed by atoms with Crippen molar-refractivity contribution in [1.82, 2.24) is 4.72 Å². The molecule has 0 spiro atoms. The Kier molecular flexibility index (Phi) is 7.30. The van der Waals surface area contributed by atoms with Crippen molar-refractivity contribution in [3.05, 3.63) is 16.5 Å². The highest BCUT2D eigenvalue weighted by Gasteiger charge is 2.21. The minimum atomic E-state index is -3.64. The fourth-order valence-electron chi connectivity index (χ4n) is 1.60. The largest absolute Gasteiger partial charge is 0.477 e. The van der Waals surface area contributed by atoms with Crippen molar-refractivity contribution in [2.45, 2.75) is 37.3 Å². The number of hydrogen-bond donors (Lipinski definition) is 2. The first-order valence-electron chi connectivity index (χ1n) is 6.79. The number of unbranched alkanes of at least 4 members (excludes halogenated alkanes) is 1. The summed E-state index contributed by atoms with van der Waals surface area (Å²) in [5, 5.41) is 8.94. The predicted molar refractivity (Wildman–Crippen MR) is 81.5 cm³/mol. The van der Waals surface area contributed by atoms with E-state index in [4.69, 9.17) is 9.84 Å². The minimum absolute atomic E-state index is 0.0318. The number of carboxylic acids is 1. The zero-order valence-electron chi connectivity index (χ0n) is 12.2. The summed E-state index contributed by atoms with van der Waals surface area (Å²) in [4.78, 5) is 11.0. The molecule has 21 heavy (non-hydrogen) atoms. The summed E-state index contributed by atoms with van der Waals surface area (Å²) < 4.78 is 31.9. The average molecular weight is 335 g/mol. The van der Waals surface area contributed by atoms with Crippen LogP contribution in [0.5, 0.6) is 0 Å². The first-order chi connectivity index (χ1) is 9.88. The SMILES string of the molecule is CCCCOCCCNS(=O)(=O)c1cc(C)c(C(=O)O)s1. The van der Waals surface area contributed by atoms with Gasteiger partial charge in [0.25, 0.3) is 0 Å². The summed E-state index contributed by atoms with van der Waals surface area (Å²) in [5.41, 5.74) is 0.454. The van der Waals surface area contributed by atoms with Gasteiger partial charge in [-0.2, -0.15) is 0 Å². The van der Waals surface area contributed by atoms with Crippen molar-refractivity contribution in [3.63, 3.8) is 0 Å². The van der Waals surface area contributed by atoms with E-state index < -0.39 is 16.0 Å². The second-order valence-corrected chi connectivity index (χ2v) is 7.65. The summed E-state index contributed by atoms with van der Waals surface area (Å²) in [7, 11) is -3.64. The van der Waals surface area contributed by atoms with Crippen LogP contribution in [0.1, 0.15) is 41.4 Å². The van der Waals surface area contributed by atoms with Crippen LogP contribution in [0.2, 0.25) is 0 Å². The maximum atomic E-state index is 12.0. The summed E-state index contributed by atoms with van der Waals surface area (Å²) in [6.07, 6.45) is 2.65. The Morgan fingerprint density at radius 2 is 2.05 bits per heavy atom. The molecule has 0 atom stereocenters. The number of aryl methyl sites for hydroxylation is 1. The number of aromatic carboxylic acids is 1. The number of sulfonamides is 1. The van der Waals surface area contributed by atoms with Crippen molar-refractivity contribution >= 4 is 27.3 Å². The molecule has 0 saturated heterocycles.